The van der Waals surface area contributed by atoms with Crippen molar-refractivity contribution in [2.24, 2.45) is 7.05 Å². The van der Waals surface area contributed by atoms with Gasteiger partial charge in [0.2, 0.25) is 0 Å². The minimum atomic E-state index is -1.14. The number of nitrogen functional groups attached to an aromatic ring is 1. The lowest BCUT2D eigenvalue weighted by Gasteiger charge is -2.09. The number of nitrogens with zero attached hydrogens (tertiary/aromatic N) is 2. The zero-order valence-corrected chi connectivity index (χ0v) is 11.0. The van der Waals surface area contributed by atoms with Crippen LogP contribution in [0.4, 0.5) is 11.4 Å². The minimum Gasteiger partial charge on any atom is -0.478 e. The highest BCUT2D eigenvalue weighted by molar-refractivity contribution is 6.08. The maximum Gasteiger partial charge on any atom is 0.337 e. The summed E-state index contributed by atoms with van der Waals surface area (Å²) in [5.41, 5.74) is 7.19. The molecule has 7 nitrogen and oxygen atoms in total. The molecule has 1 amide bonds. The van der Waals surface area contributed by atoms with Gasteiger partial charge in [0.15, 0.2) is 0 Å². The third-order valence-electron chi connectivity index (χ3n) is 3.00. The highest BCUT2D eigenvalue weighted by Crippen LogP contribution is 2.20. The number of carbonyl (C=O) groups is 2. The second-order valence-electron chi connectivity index (χ2n) is 4.33. The Balaban J connectivity index is 2.35. The molecule has 0 atom stereocenters. The van der Waals surface area contributed by atoms with Gasteiger partial charge in [0, 0.05) is 18.4 Å². The largest absolute Gasteiger partial charge is 0.478 e. The van der Waals surface area contributed by atoms with Crippen molar-refractivity contribution in [1.82, 2.24) is 9.78 Å². The van der Waals surface area contributed by atoms with Crippen LogP contribution in [-0.4, -0.2) is 26.8 Å². The first-order chi connectivity index (χ1) is 9.40. The molecule has 0 unspecified atom stereocenters. The van der Waals surface area contributed by atoms with Crippen molar-refractivity contribution >= 4 is 23.3 Å². The first kappa shape index (κ1) is 13.6. The van der Waals surface area contributed by atoms with Gasteiger partial charge in [0.25, 0.3) is 5.91 Å². The molecule has 0 aliphatic rings. The first-order valence-corrected chi connectivity index (χ1v) is 5.83. The molecule has 7 heteroatoms. The van der Waals surface area contributed by atoms with E-state index in [1.54, 1.807) is 18.7 Å². The van der Waals surface area contributed by atoms with Gasteiger partial charge >= 0.3 is 5.97 Å². The van der Waals surface area contributed by atoms with Crippen molar-refractivity contribution < 1.29 is 14.7 Å². The maximum atomic E-state index is 12.1. The number of carboxylic acids is 1. The number of hydrogen-bond acceptors (Lipinski definition) is 4. The molecule has 104 valence electrons. The molecule has 0 saturated carbocycles. The van der Waals surface area contributed by atoms with E-state index >= 15 is 0 Å². The number of nitrogens with one attached hydrogen (secondary N) is 1. The molecule has 0 spiro atoms. The number of aromatic carboxylic acids is 1. The Morgan fingerprint density at radius 2 is 2.05 bits per heavy atom. The second-order valence-corrected chi connectivity index (χ2v) is 4.33. The summed E-state index contributed by atoms with van der Waals surface area (Å²) in [6, 6.07) is 4.23. The van der Waals surface area contributed by atoms with Crippen LogP contribution in [0.2, 0.25) is 0 Å². The third kappa shape index (κ3) is 2.46. The van der Waals surface area contributed by atoms with Gasteiger partial charge < -0.3 is 16.2 Å². The molecule has 2 rings (SSSR count). The average molecular weight is 274 g/mol. The number of carbonyl (C=O) groups excluding carboxylic acids is 1. The summed E-state index contributed by atoms with van der Waals surface area (Å²) in [6.07, 6.45) is 1.43. The van der Waals surface area contributed by atoms with E-state index in [0.717, 1.165) is 0 Å². The van der Waals surface area contributed by atoms with Crippen molar-refractivity contribution in [1.29, 1.82) is 0 Å². The van der Waals surface area contributed by atoms with Crippen molar-refractivity contribution in [2.75, 3.05) is 11.1 Å². The summed E-state index contributed by atoms with van der Waals surface area (Å²) in [5, 5.41) is 15.6. The minimum absolute atomic E-state index is 0.0194. The van der Waals surface area contributed by atoms with Crippen molar-refractivity contribution in [3.63, 3.8) is 0 Å². The molecular weight excluding hydrogens is 260 g/mol. The molecule has 0 fully saturated rings. The lowest BCUT2D eigenvalue weighted by molar-refractivity contribution is 0.0698. The number of nitrogens with two attached hydrogens (primary N) is 1. The van der Waals surface area contributed by atoms with Crippen LogP contribution in [0.5, 0.6) is 0 Å². The molecule has 0 aliphatic heterocycles. The van der Waals surface area contributed by atoms with Crippen molar-refractivity contribution in [3.05, 3.63) is 41.2 Å². The lowest BCUT2D eigenvalue weighted by atomic mass is 10.1. The Morgan fingerprint density at radius 1 is 1.35 bits per heavy atom. The number of aryl methyl sites for hydroxylation is 1. The van der Waals surface area contributed by atoms with Crippen LogP contribution in [0.3, 0.4) is 0 Å². The summed E-state index contributed by atoms with van der Waals surface area (Å²) >= 11 is 0. The number of amides is 1. The summed E-state index contributed by atoms with van der Waals surface area (Å²) in [4.78, 5) is 23.2. The molecule has 20 heavy (non-hydrogen) atoms. The Bertz CT molecular complexity index is 691. The summed E-state index contributed by atoms with van der Waals surface area (Å²) in [6.45, 7) is 1.75. The number of hydrogen-bond donors (Lipinski definition) is 3. The van der Waals surface area contributed by atoms with Crippen LogP contribution in [0.25, 0.3) is 0 Å². The topological polar surface area (TPSA) is 110 Å². The van der Waals surface area contributed by atoms with Gasteiger partial charge in [-0.05, 0) is 25.1 Å². The van der Waals surface area contributed by atoms with Crippen molar-refractivity contribution in [2.45, 2.75) is 6.92 Å². The Kier molecular flexibility index (Phi) is 3.43. The predicted octanol–water partition coefficient (Wildman–Crippen LogP) is 1.26. The van der Waals surface area contributed by atoms with E-state index in [1.807, 2.05) is 0 Å². The molecule has 4 N–H and O–H groups in total. The fourth-order valence-corrected chi connectivity index (χ4v) is 1.76. The number of aromatic nitrogens is 2. The standard InChI is InChI=1S/C13H14N4O3/c1-7-10(6-15-17(7)2)12(18)16-11-5-8(14)3-4-9(11)13(19)20/h3-6H,14H2,1-2H3,(H,16,18)(H,19,20). The van der Waals surface area contributed by atoms with Crippen molar-refractivity contribution in [3.8, 4) is 0 Å². The van der Waals surface area contributed by atoms with Gasteiger partial charge in [-0.1, -0.05) is 0 Å². The lowest BCUT2D eigenvalue weighted by Crippen LogP contribution is -2.16. The average Bonchev–Trinajstić information content (AvgIpc) is 2.69. The van der Waals surface area contributed by atoms with E-state index in [9.17, 15) is 9.59 Å². The van der Waals surface area contributed by atoms with Crippen LogP contribution in [-0.2, 0) is 7.05 Å². The summed E-state index contributed by atoms with van der Waals surface area (Å²) < 4.78 is 1.56. The molecule has 0 saturated heterocycles. The SMILES string of the molecule is Cc1c(C(=O)Nc2cc(N)ccc2C(=O)O)cnn1C. The first-order valence-electron chi connectivity index (χ1n) is 5.83. The van der Waals surface area contributed by atoms with Crippen LogP contribution >= 0.6 is 0 Å². The van der Waals surface area contributed by atoms with Crippen LogP contribution in [0.1, 0.15) is 26.4 Å². The molecular formula is C13H14N4O3. The Labute approximate surface area is 115 Å². The monoisotopic (exact) mass is 274 g/mol. The van der Waals surface area contributed by atoms with Crippen LogP contribution < -0.4 is 11.1 Å². The fourth-order valence-electron chi connectivity index (χ4n) is 1.76. The van der Waals surface area contributed by atoms with Gasteiger partial charge in [-0.15, -0.1) is 0 Å². The normalized spacial score (nSPS) is 10.3. The maximum absolute atomic E-state index is 12.1. The molecule has 0 radical (unpaired) electrons. The molecule has 1 heterocycles. The Hall–Kier alpha value is -2.83. The van der Waals surface area contributed by atoms with E-state index in [1.165, 1.54) is 24.4 Å². The predicted molar refractivity (Wildman–Crippen MR) is 73.7 cm³/mol. The van der Waals surface area contributed by atoms with Gasteiger partial charge in [-0.3, -0.25) is 9.48 Å². The highest BCUT2D eigenvalue weighted by atomic mass is 16.4. The summed E-state index contributed by atoms with van der Waals surface area (Å²) in [7, 11) is 1.72. The molecule has 2 aromatic rings. The third-order valence-corrected chi connectivity index (χ3v) is 3.00. The molecule has 0 aliphatic carbocycles. The number of carboxylic acid groups (broad SMARTS) is 1. The van der Waals surface area contributed by atoms with Gasteiger partial charge in [-0.2, -0.15) is 5.10 Å². The van der Waals surface area contributed by atoms with E-state index in [4.69, 9.17) is 10.8 Å². The molecule has 1 aromatic heterocycles. The van der Waals surface area contributed by atoms with Gasteiger partial charge in [0.05, 0.1) is 23.0 Å². The fraction of sp³-hybridized carbons (Fsp3) is 0.154. The zero-order chi connectivity index (χ0) is 14.9. The highest BCUT2D eigenvalue weighted by Gasteiger charge is 2.17. The zero-order valence-electron chi connectivity index (χ0n) is 11.0. The smallest absolute Gasteiger partial charge is 0.337 e. The van der Waals surface area contributed by atoms with E-state index in [2.05, 4.69) is 10.4 Å². The van der Waals surface area contributed by atoms with E-state index in [0.29, 0.717) is 16.9 Å². The number of rotatable bonds is 3. The molecule has 0 bridgehead atoms. The quantitative estimate of drug-likeness (QED) is 0.730. The van der Waals surface area contributed by atoms with Gasteiger partial charge in [-0.25, -0.2) is 4.79 Å². The van der Waals surface area contributed by atoms with Crippen LogP contribution in [0, 0.1) is 6.92 Å². The number of anilines is 2. The second kappa shape index (κ2) is 5.04. The number of benzene rings is 1. The van der Waals surface area contributed by atoms with Crippen LogP contribution in [0.15, 0.2) is 24.4 Å². The van der Waals surface area contributed by atoms with Gasteiger partial charge in [0.1, 0.15) is 0 Å². The Morgan fingerprint density at radius 3 is 2.60 bits per heavy atom. The molecule has 1 aromatic carbocycles. The van der Waals surface area contributed by atoms with E-state index in [-0.39, 0.29) is 11.3 Å². The van der Waals surface area contributed by atoms with E-state index < -0.39 is 11.9 Å². The summed E-state index contributed by atoms with van der Waals surface area (Å²) in [5.74, 6) is -1.56.